The smallest absolute Gasteiger partial charge is 0.179 e. The van der Waals surface area contributed by atoms with Gasteiger partial charge in [0.15, 0.2) is 5.65 Å². The van der Waals surface area contributed by atoms with Gasteiger partial charge < -0.3 is 21.2 Å². The molecule has 6 heteroatoms. The van der Waals surface area contributed by atoms with Gasteiger partial charge in [-0.2, -0.15) is 0 Å². The van der Waals surface area contributed by atoms with E-state index in [0.29, 0.717) is 31.2 Å². The summed E-state index contributed by atoms with van der Waals surface area (Å²) in [4.78, 5) is 11.4. The van der Waals surface area contributed by atoms with Crippen LogP contribution >= 0.6 is 0 Å². The van der Waals surface area contributed by atoms with Crippen molar-refractivity contribution in [1.29, 1.82) is 0 Å². The molecule has 2 rings (SSSR count). The molecule has 80 valence electrons. The van der Waals surface area contributed by atoms with Gasteiger partial charge in [0.25, 0.3) is 0 Å². The normalized spacial score (nSPS) is 11.0. The molecule has 0 unspecified atom stereocenters. The van der Waals surface area contributed by atoms with E-state index in [0.717, 1.165) is 11.3 Å². The van der Waals surface area contributed by atoms with Gasteiger partial charge >= 0.3 is 0 Å². The van der Waals surface area contributed by atoms with Crippen molar-refractivity contribution in [1.82, 2.24) is 15.0 Å². The van der Waals surface area contributed by atoms with Crippen molar-refractivity contribution in [3.05, 3.63) is 18.0 Å². The van der Waals surface area contributed by atoms with E-state index >= 15 is 0 Å². The van der Waals surface area contributed by atoms with E-state index in [-0.39, 0.29) is 0 Å². The first-order chi connectivity index (χ1) is 7.29. The summed E-state index contributed by atoms with van der Waals surface area (Å²) in [5.74, 6) is 1.19. The van der Waals surface area contributed by atoms with Crippen LogP contribution in [0.2, 0.25) is 0 Å². The Kier molecular flexibility index (Phi) is 2.79. The number of pyridine rings is 1. The van der Waals surface area contributed by atoms with Gasteiger partial charge in [0, 0.05) is 6.54 Å². The molecule has 2 aromatic rings. The molecular weight excluding hydrogens is 194 g/mol. The highest BCUT2D eigenvalue weighted by molar-refractivity contribution is 5.72. The average molecular weight is 207 g/mol. The highest BCUT2D eigenvalue weighted by Gasteiger charge is 2.03. The average Bonchev–Trinajstić information content (AvgIpc) is 2.60. The number of aromatic amines is 1. The summed E-state index contributed by atoms with van der Waals surface area (Å²) in [7, 11) is 0. The van der Waals surface area contributed by atoms with Gasteiger partial charge in [0.1, 0.15) is 18.2 Å². The first-order valence-electron chi connectivity index (χ1n) is 4.68. The van der Waals surface area contributed by atoms with Gasteiger partial charge in [-0.3, -0.25) is 0 Å². The van der Waals surface area contributed by atoms with Crippen LogP contribution in [0.15, 0.2) is 12.1 Å². The van der Waals surface area contributed by atoms with Crippen molar-refractivity contribution in [2.75, 3.05) is 18.9 Å². The largest absolute Gasteiger partial charge is 0.384 e. The Morgan fingerprint density at radius 2 is 2.20 bits per heavy atom. The summed E-state index contributed by atoms with van der Waals surface area (Å²) in [6.07, 6.45) is 0. The number of nitrogens with zero attached hydrogens (tertiary/aromatic N) is 2. The summed E-state index contributed by atoms with van der Waals surface area (Å²) in [6, 6.07) is 3.57. The van der Waals surface area contributed by atoms with Crippen molar-refractivity contribution in [3.63, 3.8) is 0 Å². The molecule has 15 heavy (non-hydrogen) atoms. The molecular formula is C9H13N5O. The van der Waals surface area contributed by atoms with E-state index in [2.05, 4.69) is 15.0 Å². The van der Waals surface area contributed by atoms with E-state index in [1.54, 1.807) is 6.07 Å². The lowest BCUT2D eigenvalue weighted by atomic mass is 10.4. The predicted octanol–water partition coefficient (Wildman–Crippen LogP) is 0.0154. The van der Waals surface area contributed by atoms with Gasteiger partial charge in [-0.25, -0.2) is 9.97 Å². The lowest BCUT2D eigenvalue weighted by Crippen LogP contribution is -2.08. The molecule has 0 amide bonds. The fraction of sp³-hybridized carbons (Fsp3) is 0.333. The van der Waals surface area contributed by atoms with Crippen LogP contribution in [-0.2, 0) is 11.3 Å². The number of imidazole rings is 1. The van der Waals surface area contributed by atoms with Crippen LogP contribution in [0, 0.1) is 0 Å². The lowest BCUT2D eigenvalue weighted by molar-refractivity contribution is 0.123. The monoisotopic (exact) mass is 207 g/mol. The zero-order chi connectivity index (χ0) is 10.7. The van der Waals surface area contributed by atoms with Crippen molar-refractivity contribution in [3.8, 4) is 0 Å². The number of rotatable bonds is 4. The van der Waals surface area contributed by atoms with Crippen LogP contribution in [-0.4, -0.2) is 28.1 Å². The number of hydrogen-bond acceptors (Lipinski definition) is 5. The van der Waals surface area contributed by atoms with E-state index in [9.17, 15) is 0 Å². The highest BCUT2D eigenvalue weighted by atomic mass is 16.5. The number of nitrogens with two attached hydrogens (primary N) is 2. The molecule has 2 heterocycles. The lowest BCUT2D eigenvalue weighted by Gasteiger charge is -1.97. The highest BCUT2D eigenvalue weighted by Crippen LogP contribution is 2.11. The Labute approximate surface area is 86.6 Å². The van der Waals surface area contributed by atoms with Gasteiger partial charge in [-0.15, -0.1) is 0 Å². The third-order valence-corrected chi connectivity index (χ3v) is 1.92. The predicted molar refractivity (Wildman–Crippen MR) is 57.0 cm³/mol. The van der Waals surface area contributed by atoms with Crippen LogP contribution in [0.1, 0.15) is 5.82 Å². The Morgan fingerprint density at radius 1 is 1.33 bits per heavy atom. The molecule has 5 N–H and O–H groups in total. The van der Waals surface area contributed by atoms with Crippen LogP contribution in [0.4, 0.5) is 5.82 Å². The molecule has 0 aliphatic rings. The zero-order valence-electron chi connectivity index (χ0n) is 8.23. The number of H-pyrrole nitrogens is 1. The van der Waals surface area contributed by atoms with Crippen molar-refractivity contribution in [2.24, 2.45) is 5.73 Å². The maximum atomic E-state index is 5.54. The fourth-order valence-electron chi connectivity index (χ4n) is 1.28. The molecule has 0 aromatic carbocycles. The van der Waals surface area contributed by atoms with E-state index in [1.807, 2.05) is 6.07 Å². The topological polar surface area (TPSA) is 103 Å². The standard InChI is InChI=1S/C9H13N5O/c10-3-4-15-5-8-12-6-1-2-7(11)13-9(6)14-8/h1-2H,3-5,10H2,(H3,11,12,13,14). The van der Waals surface area contributed by atoms with Gasteiger partial charge in [0.2, 0.25) is 0 Å². The molecule has 0 aliphatic heterocycles. The van der Waals surface area contributed by atoms with Crippen LogP contribution in [0.5, 0.6) is 0 Å². The van der Waals surface area contributed by atoms with Gasteiger partial charge in [0.05, 0.1) is 12.1 Å². The van der Waals surface area contributed by atoms with E-state index in [1.165, 1.54) is 0 Å². The molecule has 0 bridgehead atoms. The van der Waals surface area contributed by atoms with E-state index < -0.39 is 0 Å². The quantitative estimate of drug-likeness (QED) is 0.613. The van der Waals surface area contributed by atoms with Crippen molar-refractivity contribution in [2.45, 2.75) is 6.61 Å². The summed E-state index contributed by atoms with van der Waals surface area (Å²) < 4.78 is 5.25. The summed E-state index contributed by atoms with van der Waals surface area (Å²) in [6.45, 7) is 1.44. The molecule has 0 saturated heterocycles. The first-order valence-corrected chi connectivity index (χ1v) is 4.68. The molecule has 0 aliphatic carbocycles. The van der Waals surface area contributed by atoms with E-state index in [4.69, 9.17) is 16.2 Å². The molecule has 2 aromatic heterocycles. The fourth-order valence-corrected chi connectivity index (χ4v) is 1.28. The third-order valence-electron chi connectivity index (χ3n) is 1.92. The second-order valence-corrected chi connectivity index (χ2v) is 3.13. The van der Waals surface area contributed by atoms with Gasteiger partial charge in [-0.05, 0) is 12.1 Å². The van der Waals surface area contributed by atoms with Gasteiger partial charge in [-0.1, -0.05) is 0 Å². The molecule has 6 nitrogen and oxygen atoms in total. The summed E-state index contributed by atoms with van der Waals surface area (Å²) in [5, 5.41) is 0. The van der Waals surface area contributed by atoms with Crippen molar-refractivity contribution >= 4 is 17.0 Å². The molecule has 0 atom stereocenters. The number of nitrogens with one attached hydrogen (secondary N) is 1. The minimum Gasteiger partial charge on any atom is -0.384 e. The summed E-state index contributed by atoms with van der Waals surface area (Å²) >= 11 is 0. The Hall–Kier alpha value is -1.66. The Balaban J connectivity index is 2.16. The maximum Gasteiger partial charge on any atom is 0.179 e. The number of fused-ring (bicyclic) bond motifs is 1. The molecule has 0 fully saturated rings. The number of hydrogen-bond donors (Lipinski definition) is 3. The molecule has 0 radical (unpaired) electrons. The number of ether oxygens (including phenoxy) is 1. The Bertz CT molecular complexity index is 453. The summed E-state index contributed by atoms with van der Waals surface area (Å²) in [5.41, 5.74) is 12.3. The third kappa shape index (κ3) is 2.23. The number of anilines is 1. The minimum atomic E-state index is 0.410. The van der Waals surface area contributed by atoms with Crippen molar-refractivity contribution < 1.29 is 4.74 Å². The minimum absolute atomic E-state index is 0.410. The number of aromatic nitrogens is 3. The molecule has 0 saturated carbocycles. The Morgan fingerprint density at radius 3 is 3.00 bits per heavy atom. The van der Waals surface area contributed by atoms with Crippen LogP contribution in [0.25, 0.3) is 11.2 Å². The maximum absolute atomic E-state index is 5.54. The first kappa shape index (κ1) is 9.88. The second-order valence-electron chi connectivity index (χ2n) is 3.13. The zero-order valence-corrected chi connectivity index (χ0v) is 8.23. The van der Waals surface area contributed by atoms with Crippen LogP contribution in [0.3, 0.4) is 0 Å². The van der Waals surface area contributed by atoms with Crippen LogP contribution < -0.4 is 11.5 Å². The second kappa shape index (κ2) is 4.24. The SMILES string of the molecule is NCCOCc1nc2nc(N)ccc2[nH]1. The molecule has 0 spiro atoms. The number of nitrogen functional groups attached to an aromatic ring is 1.